The standard InChI is InChI=1S/C13H24O2S/c1-4-15-13(14)11(3)9-16-12-7-5-6-10(2)8-12/h10-12H,4-9H2,1-3H3. The van der Waals surface area contributed by atoms with E-state index < -0.39 is 0 Å². The van der Waals surface area contributed by atoms with Crippen LogP contribution in [0.5, 0.6) is 0 Å². The number of rotatable bonds is 5. The molecule has 0 heterocycles. The van der Waals surface area contributed by atoms with Crippen LogP contribution in [0.4, 0.5) is 0 Å². The molecule has 16 heavy (non-hydrogen) atoms. The third kappa shape index (κ3) is 4.77. The normalized spacial score (nSPS) is 27.4. The average Bonchev–Trinajstić information content (AvgIpc) is 2.26. The molecular weight excluding hydrogens is 220 g/mol. The fourth-order valence-corrected chi connectivity index (χ4v) is 3.66. The van der Waals surface area contributed by atoms with Crippen molar-refractivity contribution in [2.45, 2.75) is 51.7 Å². The van der Waals surface area contributed by atoms with Crippen LogP contribution < -0.4 is 0 Å². The predicted molar refractivity (Wildman–Crippen MR) is 69.7 cm³/mol. The summed E-state index contributed by atoms with van der Waals surface area (Å²) in [5.41, 5.74) is 0. The molecular formula is C13H24O2S. The van der Waals surface area contributed by atoms with E-state index in [1.165, 1.54) is 25.7 Å². The predicted octanol–water partition coefficient (Wildman–Crippen LogP) is 3.50. The maximum absolute atomic E-state index is 11.4. The Morgan fingerprint density at radius 2 is 2.25 bits per heavy atom. The molecule has 0 spiro atoms. The maximum Gasteiger partial charge on any atom is 0.309 e. The highest BCUT2D eigenvalue weighted by molar-refractivity contribution is 7.99. The van der Waals surface area contributed by atoms with Crippen LogP contribution in [0.25, 0.3) is 0 Å². The molecule has 3 atom stereocenters. The monoisotopic (exact) mass is 244 g/mol. The zero-order chi connectivity index (χ0) is 12.0. The topological polar surface area (TPSA) is 26.3 Å². The Hall–Kier alpha value is -0.180. The molecule has 1 aliphatic carbocycles. The first-order valence-electron chi connectivity index (χ1n) is 6.41. The lowest BCUT2D eigenvalue weighted by atomic mass is 9.91. The van der Waals surface area contributed by atoms with Gasteiger partial charge in [0.1, 0.15) is 0 Å². The number of esters is 1. The van der Waals surface area contributed by atoms with Gasteiger partial charge in [0.15, 0.2) is 0 Å². The maximum atomic E-state index is 11.4. The van der Waals surface area contributed by atoms with Gasteiger partial charge in [-0.15, -0.1) is 0 Å². The van der Waals surface area contributed by atoms with Crippen LogP contribution in [-0.4, -0.2) is 23.6 Å². The lowest BCUT2D eigenvalue weighted by Gasteiger charge is -2.26. The quantitative estimate of drug-likeness (QED) is 0.692. The van der Waals surface area contributed by atoms with Crippen molar-refractivity contribution < 1.29 is 9.53 Å². The molecule has 0 aliphatic heterocycles. The second kappa shape index (κ2) is 7.21. The number of carbonyl (C=O) groups is 1. The largest absolute Gasteiger partial charge is 0.466 e. The fourth-order valence-electron chi connectivity index (χ4n) is 2.16. The van der Waals surface area contributed by atoms with Crippen molar-refractivity contribution in [3.8, 4) is 0 Å². The van der Waals surface area contributed by atoms with Gasteiger partial charge >= 0.3 is 5.97 Å². The van der Waals surface area contributed by atoms with E-state index in [4.69, 9.17) is 4.74 Å². The van der Waals surface area contributed by atoms with Crippen molar-refractivity contribution in [1.82, 2.24) is 0 Å². The Morgan fingerprint density at radius 3 is 2.88 bits per heavy atom. The highest BCUT2D eigenvalue weighted by Crippen LogP contribution is 2.32. The van der Waals surface area contributed by atoms with Crippen molar-refractivity contribution >= 4 is 17.7 Å². The number of hydrogen-bond acceptors (Lipinski definition) is 3. The molecule has 0 radical (unpaired) electrons. The number of carbonyl (C=O) groups excluding carboxylic acids is 1. The number of thioether (sulfide) groups is 1. The highest BCUT2D eigenvalue weighted by Gasteiger charge is 2.21. The molecule has 0 aromatic carbocycles. The Morgan fingerprint density at radius 1 is 1.50 bits per heavy atom. The summed E-state index contributed by atoms with van der Waals surface area (Å²) >= 11 is 1.96. The average molecular weight is 244 g/mol. The Bertz CT molecular complexity index is 218. The summed E-state index contributed by atoms with van der Waals surface area (Å²) in [5, 5.41) is 0.764. The van der Waals surface area contributed by atoms with Gasteiger partial charge in [-0.25, -0.2) is 0 Å². The van der Waals surface area contributed by atoms with Crippen molar-refractivity contribution in [1.29, 1.82) is 0 Å². The van der Waals surface area contributed by atoms with Gasteiger partial charge in [-0.2, -0.15) is 11.8 Å². The van der Waals surface area contributed by atoms with E-state index in [9.17, 15) is 4.79 Å². The smallest absolute Gasteiger partial charge is 0.309 e. The van der Waals surface area contributed by atoms with E-state index in [1.807, 2.05) is 25.6 Å². The number of hydrogen-bond donors (Lipinski definition) is 0. The third-order valence-corrected chi connectivity index (χ3v) is 4.75. The van der Waals surface area contributed by atoms with Crippen molar-refractivity contribution in [3.63, 3.8) is 0 Å². The Labute approximate surface area is 104 Å². The summed E-state index contributed by atoms with van der Waals surface area (Å²) < 4.78 is 5.01. The van der Waals surface area contributed by atoms with Crippen LogP contribution in [0, 0.1) is 11.8 Å². The molecule has 0 aromatic rings. The summed E-state index contributed by atoms with van der Waals surface area (Å²) in [4.78, 5) is 11.4. The zero-order valence-electron chi connectivity index (χ0n) is 10.7. The molecule has 1 fully saturated rings. The van der Waals surface area contributed by atoms with E-state index in [0.29, 0.717) is 6.61 Å². The van der Waals surface area contributed by atoms with E-state index in [1.54, 1.807) is 0 Å². The lowest BCUT2D eigenvalue weighted by molar-refractivity contribution is -0.146. The van der Waals surface area contributed by atoms with Crippen LogP contribution in [-0.2, 0) is 9.53 Å². The molecule has 1 rings (SSSR count). The molecule has 0 aromatic heterocycles. The lowest BCUT2D eigenvalue weighted by Crippen LogP contribution is -2.20. The number of ether oxygens (including phenoxy) is 1. The molecule has 0 amide bonds. The first-order valence-corrected chi connectivity index (χ1v) is 7.46. The minimum atomic E-state index is -0.0427. The summed E-state index contributed by atoms with van der Waals surface area (Å²) in [6.45, 7) is 6.66. The first-order chi connectivity index (χ1) is 7.63. The van der Waals surface area contributed by atoms with E-state index >= 15 is 0 Å². The van der Waals surface area contributed by atoms with Gasteiger partial charge in [0.05, 0.1) is 12.5 Å². The van der Waals surface area contributed by atoms with Crippen LogP contribution in [0.1, 0.15) is 46.5 Å². The Balaban J connectivity index is 2.20. The molecule has 3 heteroatoms. The first kappa shape index (κ1) is 13.9. The molecule has 0 N–H and O–H groups in total. The molecule has 2 nitrogen and oxygen atoms in total. The van der Waals surface area contributed by atoms with Gasteiger partial charge in [-0.3, -0.25) is 4.79 Å². The van der Waals surface area contributed by atoms with Gasteiger partial charge in [-0.1, -0.05) is 26.7 Å². The van der Waals surface area contributed by atoms with Gasteiger partial charge < -0.3 is 4.74 Å². The van der Waals surface area contributed by atoms with Gasteiger partial charge in [-0.05, 0) is 25.7 Å². The van der Waals surface area contributed by atoms with E-state index in [2.05, 4.69) is 6.92 Å². The van der Waals surface area contributed by atoms with E-state index in [-0.39, 0.29) is 11.9 Å². The van der Waals surface area contributed by atoms with Crippen molar-refractivity contribution in [2.24, 2.45) is 11.8 Å². The molecule has 0 bridgehead atoms. The Kier molecular flexibility index (Phi) is 6.25. The van der Waals surface area contributed by atoms with Gasteiger partial charge in [0, 0.05) is 11.0 Å². The van der Waals surface area contributed by atoms with Crippen LogP contribution in [0.15, 0.2) is 0 Å². The van der Waals surface area contributed by atoms with Gasteiger partial charge in [0.2, 0.25) is 0 Å². The van der Waals surface area contributed by atoms with Crippen molar-refractivity contribution in [3.05, 3.63) is 0 Å². The summed E-state index contributed by atoms with van der Waals surface area (Å²) in [6.07, 6.45) is 5.38. The molecule has 94 valence electrons. The summed E-state index contributed by atoms with van der Waals surface area (Å²) in [6, 6.07) is 0. The third-order valence-electron chi connectivity index (χ3n) is 3.16. The van der Waals surface area contributed by atoms with Crippen LogP contribution >= 0.6 is 11.8 Å². The van der Waals surface area contributed by atoms with Crippen molar-refractivity contribution in [2.75, 3.05) is 12.4 Å². The zero-order valence-corrected chi connectivity index (χ0v) is 11.5. The van der Waals surface area contributed by atoms with Gasteiger partial charge in [0.25, 0.3) is 0 Å². The fraction of sp³-hybridized carbons (Fsp3) is 0.923. The molecule has 0 saturated heterocycles. The molecule has 1 saturated carbocycles. The highest BCUT2D eigenvalue weighted by atomic mass is 32.2. The minimum absolute atomic E-state index is 0.0427. The second-order valence-corrected chi connectivity index (χ2v) is 6.21. The minimum Gasteiger partial charge on any atom is -0.466 e. The second-order valence-electron chi connectivity index (χ2n) is 4.88. The molecule has 1 aliphatic rings. The van der Waals surface area contributed by atoms with Crippen LogP contribution in [0.2, 0.25) is 0 Å². The SMILES string of the molecule is CCOC(=O)C(C)CSC1CCCC(C)C1. The molecule has 3 unspecified atom stereocenters. The summed E-state index contributed by atoms with van der Waals surface area (Å²) in [5.74, 6) is 1.78. The van der Waals surface area contributed by atoms with E-state index in [0.717, 1.165) is 16.9 Å². The van der Waals surface area contributed by atoms with Crippen LogP contribution in [0.3, 0.4) is 0 Å². The summed E-state index contributed by atoms with van der Waals surface area (Å²) in [7, 11) is 0.